The fourth-order valence-electron chi connectivity index (χ4n) is 5.11. The molecule has 32 heavy (non-hydrogen) atoms. The second-order valence-corrected chi connectivity index (χ2v) is 9.04. The van der Waals surface area contributed by atoms with Crippen molar-refractivity contribution in [3.05, 3.63) is 59.8 Å². The van der Waals surface area contributed by atoms with Crippen molar-refractivity contribution in [1.29, 1.82) is 0 Å². The van der Waals surface area contributed by atoms with Gasteiger partial charge in [0.2, 0.25) is 5.91 Å². The topological polar surface area (TPSA) is 66.0 Å². The van der Waals surface area contributed by atoms with Gasteiger partial charge in [-0.05, 0) is 37.0 Å². The summed E-state index contributed by atoms with van der Waals surface area (Å²) in [6.07, 6.45) is 4.34. The largest absolute Gasteiger partial charge is 0.378 e. The number of aromatic nitrogens is 1. The molecular weight excluding hydrogens is 404 g/mol. The third-order valence-corrected chi connectivity index (χ3v) is 7.09. The maximum Gasteiger partial charge on any atom is 0.255 e. The minimum absolute atomic E-state index is 0.00488. The molecule has 0 radical (unpaired) electrons. The number of pyridine rings is 1. The second kappa shape index (κ2) is 8.90. The zero-order valence-corrected chi connectivity index (χ0v) is 18.4. The summed E-state index contributed by atoms with van der Waals surface area (Å²) in [6.45, 7) is 5.56. The zero-order valence-electron chi connectivity index (χ0n) is 18.4. The number of benzene rings is 1. The number of rotatable bonds is 5. The molecule has 1 aromatic carbocycles. The fourth-order valence-corrected chi connectivity index (χ4v) is 5.11. The van der Waals surface area contributed by atoms with Gasteiger partial charge in [-0.3, -0.25) is 9.59 Å². The zero-order chi connectivity index (χ0) is 22.0. The number of morpholine rings is 1. The number of carbonyl (C=O) groups excluding carboxylic acids is 2. The van der Waals surface area contributed by atoms with Gasteiger partial charge >= 0.3 is 0 Å². The van der Waals surface area contributed by atoms with E-state index in [0.717, 1.165) is 44.7 Å². The van der Waals surface area contributed by atoms with Crippen molar-refractivity contribution in [2.45, 2.75) is 19.3 Å². The summed E-state index contributed by atoms with van der Waals surface area (Å²) in [6, 6.07) is 14.1. The van der Waals surface area contributed by atoms with Crippen LogP contribution in [0.4, 0.5) is 5.82 Å². The van der Waals surface area contributed by atoms with Crippen LogP contribution in [0, 0.1) is 5.41 Å². The van der Waals surface area contributed by atoms with Crippen LogP contribution in [0.5, 0.6) is 0 Å². The van der Waals surface area contributed by atoms with Crippen LogP contribution in [0.2, 0.25) is 0 Å². The van der Waals surface area contributed by atoms with Gasteiger partial charge in [-0.25, -0.2) is 4.98 Å². The maximum absolute atomic E-state index is 13.3. The molecule has 0 N–H and O–H groups in total. The predicted octanol–water partition coefficient (Wildman–Crippen LogP) is 2.23. The molecule has 2 aromatic rings. The van der Waals surface area contributed by atoms with E-state index in [1.54, 1.807) is 6.20 Å². The number of anilines is 1. The fraction of sp³-hybridized carbons (Fsp3) is 0.480. The van der Waals surface area contributed by atoms with Crippen LogP contribution in [-0.2, 0) is 16.0 Å². The van der Waals surface area contributed by atoms with Gasteiger partial charge in [0.25, 0.3) is 5.91 Å². The highest BCUT2D eigenvalue weighted by atomic mass is 16.5. The van der Waals surface area contributed by atoms with Crippen molar-refractivity contribution in [1.82, 2.24) is 14.8 Å². The Hall–Kier alpha value is -2.93. The summed E-state index contributed by atoms with van der Waals surface area (Å²) in [7, 11) is 0. The average molecular weight is 435 g/mol. The summed E-state index contributed by atoms with van der Waals surface area (Å²) in [4.78, 5) is 36.5. The van der Waals surface area contributed by atoms with Crippen molar-refractivity contribution in [3.63, 3.8) is 0 Å². The third kappa shape index (κ3) is 4.09. The molecule has 3 aliphatic rings. The molecule has 7 nitrogen and oxygen atoms in total. The molecule has 2 amide bonds. The summed E-state index contributed by atoms with van der Waals surface area (Å²) in [5.41, 5.74) is 1.58. The van der Waals surface area contributed by atoms with E-state index in [-0.39, 0.29) is 17.2 Å². The van der Waals surface area contributed by atoms with Gasteiger partial charge in [-0.15, -0.1) is 0 Å². The number of nitrogens with zero attached hydrogens (tertiary/aromatic N) is 4. The molecule has 168 valence electrons. The number of hydrogen-bond donors (Lipinski definition) is 0. The van der Waals surface area contributed by atoms with Crippen LogP contribution in [-0.4, -0.2) is 79.1 Å². The highest BCUT2D eigenvalue weighted by molar-refractivity contribution is 5.94. The molecule has 0 bridgehead atoms. The Balaban J connectivity index is 1.19. The number of hydrogen-bond acceptors (Lipinski definition) is 5. The van der Waals surface area contributed by atoms with Crippen LogP contribution in [0.25, 0.3) is 0 Å². The van der Waals surface area contributed by atoms with E-state index in [1.807, 2.05) is 40.1 Å². The molecule has 3 aliphatic heterocycles. The highest BCUT2D eigenvalue weighted by Gasteiger charge is 2.50. The first kappa shape index (κ1) is 20.9. The van der Waals surface area contributed by atoms with Crippen molar-refractivity contribution in [2.75, 3.05) is 57.4 Å². The molecule has 0 saturated carbocycles. The van der Waals surface area contributed by atoms with E-state index in [9.17, 15) is 9.59 Å². The van der Waals surface area contributed by atoms with Crippen molar-refractivity contribution in [3.8, 4) is 0 Å². The number of ether oxygens (including phenoxy) is 1. The monoisotopic (exact) mass is 434 g/mol. The highest BCUT2D eigenvalue weighted by Crippen LogP contribution is 2.41. The second-order valence-electron chi connectivity index (χ2n) is 9.04. The summed E-state index contributed by atoms with van der Waals surface area (Å²) in [5.74, 6) is 1.14. The minimum atomic E-state index is -0.291. The molecule has 3 fully saturated rings. The lowest BCUT2D eigenvalue weighted by Crippen LogP contribution is -2.40. The lowest BCUT2D eigenvalue weighted by atomic mass is 9.85. The van der Waals surface area contributed by atoms with Crippen LogP contribution >= 0.6 is 0 Å². The standard InChI is InChI=1S/C25H30N4O3/c30-23(27-14-16-32-17-15-27)21-6-7-22(26-18-21)29-13-10-25(19-29)9-12-28(24(25)31)11-8-20-4-2-1-3-5-20/h1-7,18H,8-17,19H2. The van der Waals surface area contributed by atoms with Crippen LogP contribution in [0.3, 0.4) is 0 Å². The average Bonchev–Trinajstić information content (AvgIpc) is 3.43. The summed E-state index contributed by atoms with van der Waals surface area (Å²) >= 11 is 0. The first-order valence-electron chi connectivity index (χ1n) is 11.6. The normalized spacial score (nSPS) is 23.4. The molecule has 3 saturated heterocycles. The Bertz CT molecular complexity index is 959. The molecule has 5 rings (SSSR count). The lowest BCUT2D eigenvalue weighted by Gasteiger charge is -2.27. The van der Waals surface area contributed by atoms with E-state index in [2.05, 4.69) is 22.0 Å². The smallest absolute Gasteiger partial charge is 0.255 e. The first-order chi connectivity index (χ1) is 15.6. The van der Waals surface area contributed by atoms with E-state index in [1.165, 1.54) is 5.56 Å². The SMILES string of the molecule is O=C(c1ccc(N2CCC3(CCN(CCc4ccccc4)C3=O)C2)nc1)N1CCOCC1. The number of likely N-dealkylation sites (tertiary alicyclic amines) is 1. The maximum atomic E-state index is 13.3. The molecule has 1 unspecified atom stereocenters. The molecular formula is C25H30N4O3. The molecule has 4 heterocycles. The quantitative estimate of drug-likeness (QED) is 0.722. The van der Waals surface area contributed by atoms with Crippen molar-refractivity contribution >= 4 is 17.6 Å². The number of carbonyl (C=O) groups is 2. The molecule has 1 aromatic heterocycles. The lowest BCUT2D eigenvalue weighted by molar-refractivity contribution is -0.135. The third-order valence-electron chi connectivity index (χ3n) is 7.09. The van der Waals surface area contributed by atoms with Crippen LogP contribution < -0.4 is 4.90 Å². The Morgan fingerprint density at radius 1 is 1.00 bits per heavy atom. The van der Waals surface area contributed by atoms with Crippen LogP contribution in [0.1, 0.15) is 28.8 Å². The summed E-state index contributed by atoms with van der Waals surface area (Å²) < 4.78 is 5.32. The summed E-state index contributed by atoms with van der Waals surface area (Å²) in [5, 5.41) is 0. The van der Waals surface area contributed by atoms with Gasteiger partial charge in [0, 0.05) is 45.5 Å². The van der Waals surface area contributed by atoms with Gasteiger partial charge in [-0.2, -0.15) is 0 Å². The van der Waals surface area contributed by atoms with Gasteiger partial charge in [-0.1, -0.05) is 30.3 Å². The molecule has 7 heteroatoms. The van der Waals surface area contributed by atoms with E-state index in [0.29, 0.717) is 38.4 Å². The Morgan fingerprint density at radius 2 is 1.78 bits per heavy atom. The van der Waals surface area contributed by atoms with Gasteiger partial charge < -0.3 is 19.4 Å². The Kier molecular flexibility index (Phi) is 5.83. The van der Waals surface area contributed by atoms with E-state index < -0.39 is 0 Å². The van der Waals surface area contributed by atoms with Gasteiger partial charge in [0.1, 0.15) is 5.82 Å². The van der Waals surface area contributed by atoms with Gasteiger partial charge in [0.05, 0.1) is 24.2 Å². The van der Waals surface area contributed by atoms with Crippen molar-refractivity contribution in [2.24, 2.45) is 5.41 Å². The van der Waals surface area contributed by atoms with E-state index in [4.69, 9.17) is 4.74 Å². The number of amides is 2. The molecule has 1 atom stereocenters. The molecule has 0 aliphatic carbocycles. The Labute approximate surface area is 189 Å². The van der Waals surface area contributed by atoms with Crippen molar-refractivity contribution < 1.29 is 14.3 Å². The van der Waals surface area contributed by atoms with Crippen LogP contribution in [0.15, 0.2) is 48.7 Å². The molecule has 1 spiro atoms. The van der Waals surface area contributed by atoms with E-state index >= 15 is 0 Å². The first-order valence-corrected chi connectivity index (χ1v) is 11.6. The Morgan fingerprint density at radius 3 is 2.53 bits per heavy atom. The van der Waals surface area contributed by atoms with Gasteiger partial charge in [0.15, 0.2) is 0 Å². The predicted molar refractivity (Wildman–Crippen MR) is 122 cm³/mol. The minimum Gasteiger partial charge on any atom is -0.378 e.